The molecule has 0 aromatic heterocycles. The minimum absolute atomic E-state index is 0.867. The zero-order valence-electron chi connectivity index (χ0n) is 19.2. The van der Waals surface area contributed by atoms with Crippen LogP contribution in [0.2, 0.25) is 0 Å². The van der Waals surface area contributed by atoms with Gasteiger partial charge in [0.25, 0.3) is 0 Å². The average molecular weight is 371 g/mol. The molecular weight excluding hydrogens is 324 g/mol. The normalized spacial score (nSPS) is 14.6. The highest BCUT2D eigenvalue weighted by Crippen LogP contribution is 2.22. The molecule has 0 fully saturated rings. The summed E-state index contributed by atoms with van der Waals surface area (Å²) in [6.45, 7) is 14.0. The molecule has 0 heteroatoms. The van der Waals surface area contributed by atoms with Crippen LogP contribution in [-0.2, 0) is 6.42 Å². The molecule has 0 amide bonds. The summed E-state index contributed by atoms with van der Waals surface area (Å²) in [7, 11) is 0. The van der Waals surface area contributed by atoms with Crippen LogP contribution in [0, 0.1) is 24.7 Å². The molecule has 1 aromatic rings. The molecule has 0 aliphatic rings. The first kappa shape index (κ1) is 24.0. The van der Waals surface area contributed by atoms with Gasteiger partial charge in [-0.25, -0.2) is 0 Å². The van der Waals surface area contributed by atoms with Crippen molar-refractivity contribution in [1.82, 2.24) is 0 Å². The van der Waals surface area contributed by atoms with Crippen LogP contribution in [0.3, 0.4) is 0 Å². The minimum atomic E-state index is 0.867. The van der Waals surface area contributed by atoms with E-state index in [4.69, 9.17) is 0 Å². The van der Waals surface area contributed by atoms with Gasteiger partial charge in [-0.3, -0.25) is 0 Å². The van der Waals surface area contributed by atoms with Gasteiger partial charge in [0, 0.05) is 0 Å². The summed E-state index contributed by atoms with van der Waals surface area (Å²) in [5.41, 5.74) is 4.33. The molecule has 0 saturated heterocycles. The smallest absolute Gasteiger partial charge is 0.00949 e. The summed E-state index contributed by atoms with van der Waals surface area (Å²) in [6.07, 6.45) is 16.0. The number of benzene rings is 1. The van der Waals surface area contributed by atoms with Gasteiger partial charge in [0.1, 0.15) is 0 Å². The molecule has 0 saturated carbocycles. The van der Waals surface area contributed by atoms with E-state index in [0.29, 0.717) is 0 Å². The van der Waals surface area contributed by atoms with Crippen molar-refractivity contribution in [3.05, 3.63) is 47.0 Å². The summed E-state index contributed by atoms with van der Waals surface area (Å²) in [6, 6.07) is 8.94. The van der Waals surface area contributed by atoms with E-state index in [9.17, 15) is 0 Å². The first-order chi connectivity index (χ1) is 12.9. The largest absolute Gasteiger partial charge is 0.0812 e. The van der Waals surface area contributed by atoms with E-state index < -0.39 is 0 Å². The Bertz CT molecular complexity index is 505. The number of hydrogen-bond donors (Lipinski definition) is 0. The Morgan fingerprint density at radius 1 is 0.778 bits per heavy atom. The lowest BCUT2D eigenvalue weighted by molar-refractivity contribution is 0.389. The van der Waals surface area contributed by atoms with Gasteiger partial charge in [0.05, 0.1) is 0 Å². The zero-order valence-corrected chi connectivity index (χ0v) is 19.2. The fourth-order valence-corrected chi connectivity index (χ4v) is 3.83. The van der Waals surface area contributed by atoms with E-state index in [2.05, 4.69) is 71.9 Å². The standard InChI is InChI=1S/C27H46/c1-22(2)10-7-11-23(3)12-8-13-24(4)14-9-15-25(5)16-19-27-20-17-26(6)18-21-27/h16-18,20-24H,7-15,19H2,1-6H3. The van der Waals surface area contributed by atoms with E-state index in [1.165, 1.54) is 68.9 Å². The lowest BCUT2D eigenvalue weighted by atomic mass is 9.91. The minimum Gasteiger partial charge on any atom is -0.0812 e. The van der Waals surface area contributed by atoms with Crippen LogP contribution >= 0.6 is 0 Å². The molecule has 1 rings (SSSR count). The van der Waals surface area contributed by atoms with Crippen LogP contribution < -0.4 is 0 Å². The molecule has 0 bridgehead atoms. The third-order valence-corrected chi connectivity index (χ3v) is 5.95. The Balaban J connectivity index is 2.09. The van der Waals surface area contributed by atoms with E-state index in [0.717, 1.165) is 24.2 Å². The first-order valence-electron chi connectivity index (χ1n) is 11.6. The van der Waals surface area contributed by atoms with Gasteiger partial charge in [-0.05, 0) is 56.4 Å². The molecule has 2 unspecified atom stereocenters. The van der Waals surface area contributed by atoms with Gasteiger partial charge in [0.15, 0.2) is 0 Å². The van der Waals surface area contributed by atoms with Gasteiger partial charge < -0.3 is 0 Å². The van der Waals surface area contributed by atoms with Crippen molar-refractivity contribution in [2.24, 2.45) is 17.8 Å². The van der Waals surface area contributed by atoms with Gasteiger partial charge in [-0.1, -0.05) is 114 Å². The fourth-order valence-electron chi connectivity index (χ4n) is 3.83. The summed E-state index contributed by atoms with van der Waals surface area (Å²) >= 11 is 0. The Labute approximate surface area is 170 Å². The van der Waals surface area contributed by atoms with E-state index >= 15 is 0 Å². The highest BCUT2D eigenvalue weighted by molar-refractivity contribution is 5.23. The second kappa shape index (κ2) is 14.0. The number of rotatable bonds is 14. The van der Waals surface area contributed by atoms with Gasteiger partial charge in [-0.15, -0.1) is 0 Å². The molecule has 0 aliphatic heterocycles. The molecule has 0 heterocycles. The molecule has 0 N–H and O–H groups in total. The number of hydrogen-bond acceptors (Lipinski definition) is 0. The third kappa shape index (κ3) is 12.9. The van der Waals surface area contributed by atoms with Crippen molar-refractivity contribution in [2.45, 2.75) is 106 Å². The van der Waals surface area contributed by atoms with Crippen molar-refractivity contribution in [1.29, 1.82) is 0 Å². The molecule has 0 radical (unpaired) electrons. The predicted octanol–water partition coefficient (Wildman–Crippen LogP) is 8.92. The maximum absolute atomic E-state index is 2.45. The second-order valence-electron chi connectivity index (χ2n) is 9.60. The van der Waals surface area contributed by atoms with Crippen LogP contribution in [0.15, 0.2) is 35.9 Å². The Morgan fingerprint density at radius 3 is 1.85 bits per heavy atom. The fraction of sp³-hybridized carbons (Fsp3) is 0.704. The second-order valence-corrected chi connectivity index (χ2v) is 9.60. The van der Waals surface area contributed by atoms with E-state index in [1.54, 1.807) is 5.57 Å². The average Bonchev–Trinajstić information content (AvgIpc) is 2.61. The van der Waals surface area contributed by atoms with Crippen molar-refractivity contribution in [3.63, 3.8) is 0 Å². The molecule has 27 heavy (non-hydrogen) atoms. The third-order valence-electron chi connectivity index (χ3n) is 5.95. The van der Waals surface area contributed by atoms with Crippen molar-refractivity contribution in [2.75, 3.05) is 0 Å². The lowest BCUT2D eigenvalue weighted by Crippen LogP contribution is -2.00. The van der Waals surface area contributed by atoms with Gasteiger partial charge >= 0.3 is 0 Å². The number of allylic oxidation sites excluding steroid dienone is 2. The van der Waals surface area contributed by atoms with Crippen molar-refractivity contribution in [3.8, 4) is 0 Å². The molecule has 0 nitrogen and oxygen atoms in total. The van der Waals surface area contributed by atoms with E-state index in [1.807, 2.05) is 0 Å². The Kier molecular flexibility index (Phi) is 12.5. The molecular formula is C27H46. The quantitative estimate of drug-likeness (QED) is 0.287. The topological polar surface area (TPSA) is 0 Å². The number of aryl methyl sites for hydroxylation is 1. The SMILES string of the molecule is CC(=CCc1ccc(C)cc1)CCCC(C)CCCC(C)CCCC(C)C. The van der Waals surface area contributed by atoms with Crippen LogP contribution in [0.25, 0.3) is 0 Å². The highest BCUT2D eigenvalue weighted by atomic mass is 14.1. The van der Waals surface area contributed by atoms with E-state index in [-0.39, 0.29) is 0 Å². The highest BCUT2D eigenvalue weighted by Gasteiger charge is 2.06. The molecule has 0 spiro atoms. The van der Waals surface area contributed by atoms with Crippen molar-refractivity contribution >= 4 is 0 Å². The molecule has 1 aromatic carbocycles. The predicted molar refractivity (Wildman–Crippen MR) is 123 cm³/mol. The van der Waals surface area contributed by atoms with Gasteiger partial charge in [0.2, 0.25) is 0 Å². The summed E-state index contributed by atoms with van der Waals surface area (Å²) in [5.74, 6) is 2.67. The van der Waals surface area contributed by atoms with Crippen LogP contribution in [0.4, 0.5) is 0 Å². The van der Waals surface area contributed by atoms with Crippen LogP contribution in [0.1, 0.15) is 104 Å². The maximum atomic E-state index is 2.45. The molecule has 0 aliphatic carbocycles. The summed E-state index contributed by atoms with van der Waals surface area (Å²) in [5, 5.41) is 0. The van der Waals surface area contributed by atoms with Gasteiger partial charge in [-0.2, -0.15) is 0 Å². The summed E-state index contributed by atoms with van der Waals surface area (Å²) in [4.78, 5) is 0. The monoisotopic (exact) mass is 370 g/mol. The van der Waals surface area contributed by atoms with Crippen LogP contribution in [0.5, 0.6) is 0 Å². The molecule has 154 valence electrons. The zero-order chi connectivity index (χ0) is 20.1. The Hall–Kier alpha value is -1.04. The van der Waals surface area contributed by atoms with Crippen LogP contribution in [-0.4, -0.2) is 0 Å². The maximum Gasteiger partial charge on any atom is -0.00949 e. The Morgan fingerprint density at radius 2 is 1.30 bits per heavy atom. The van der Waals surface area contributed by atoms with Crippen molar-refractivity contribution < 1.29 is 0 Å². The first-order valence-corrected chi connectivity index (χ1v) is 11.6. The molecule has 2 atom stereocenters. The lowest BCUT2D eigenvalue weighted by Gasteiger charge is -2.15. The summed E-state index contributed by atoms with van der Waals surface area (Å²) < 4.78 is 0.